The van der Waals surface area contributed by atoms with Gasteiger partial charge < -0.3 is 14.8 Å². The van der Waals surface area contributed by atoms with Crippen LogP contribution >= 0.6 is 11.6 Å². The quantitative estimate of drug-likeness (QED) is 0.892. The number of hydrogen-bond acceptors (Lipinski definition) is 4. The molecule has 2 aliphatic heterocycles. The summed E-state index contributed by atoms with van der Waals surface area (Å²) in [6.07, 6.45) is 1.48. The third kappa shape index (κ3) is 4.44. The zero-order valence-electron chi connectivity index (χ0n) is 13.2. The SMILES string of the molecule is O=C(NC[C@H](c1cccc(Cl)c1)N1CCOCC1)[C@H]1CCCO1. The molecule has 2 fully saturated rings. The Morgan fingerprint density at radius 1 is 1.35 bits per heavy atom. The largest absolute Gasteiger partial charge is 0.379 e. The lowest BCUT2D eigenvalue weighted by Gasteiger charge is -2.35. The van der Waals surface area contributed by atoms with Crippen molar-refractivity contribution in [2.45, 2.75) is 25.0 Å². The Morgan fingerprint density at radius 2 is 2.17 bits per heavy atom. The molecule has 6 heteroatoms. The van der Waals surface area contributed by atoms with E-state index in [0.29, 0.717) is 18.2 Å². The van der Waals surface area contributed by atoms with E-state index in [1.807, 2.05) is 18.2 Å². The van der Waals surface area contributed by atoms with Crippen LogP contribution in [-0.4, -0.2) is 56.4 Å². The number of benzene rings is 1. The van der Waals surface area contributed by atoms with Gasteiger partial charge in [-0.2, -0.15) is 0 Å². The third-order valence-electron chi connectivity index (χ3n) is 4.41. The normalized spacial score (nSPS) is 23.6. The summed E-state index contributed by atoms with van der Waals surface area (Å²) >= 11 is 6.14. The molecule has 126 valence electrons. The van der Waals surface area contributed by atoms with E-state index in [0.717, 1.165) is 44.7 Å². The second kappa shape index (κ2) is 8.11. The molecule has 0 aromatic heterocycles. The highest BCUT2D eigenvalue weighted by Crippen LogP contribution is 2.24. The molecule has 3 rings (SSSR count). The van der Waals surface area contributed by atoms with Gasteiger partial charge in [0, 0.05) is 31.3 Å². The summed E-state index contributed by atoms with van der Waals surface area (Å²) in [7, 11) is 0. The zero-order valence-corrected chi connectivity index (χ0v) is 13.9. The number of carbonyl (C=O) groups is 1. The smallest absolute Gasteiger partial charge is 0.249 e. The average molecular weight is 339 g/mol. The molecule has 0 aliphatic carbocycles. The molecule has 1 amide bonds. The van der Waals surface area contributed by atoms with E-state index in [9.17, 15) is 4.79 Å². The first-order chi connectivity index (χ1) is 11.2. The van der Waals surface area contributed by atoms with E-state index >= 15 is 0 Å². The molecule has 0 radical (unpaired) electrons. The summed E-state index contributed by atoms with van der Waals surface area (Å²) in [6, 6.07) is 7.95. The maximum atomic E-state index is 12.2. The summed E-state index contributed by atoms with van der Waals surface area (Å²) in [6.45, 7) is 4.38. The second-order valence-electron chi connectivity index (χ2n) is 5.97. The number of nitrogens with zero attached hydrogens (tertiary/aromatic N) is 1. The molecule has 0 saturated carbocycles. The predicted molar refractivity (Wildman–Crippen MR) is 88.6 cm³/mol. The van der Waals surface area contributed by atoms with Crippen molar-refractivity contribution in [3.63, 3.8) is 0 Å². The highest BCUT2D eigenvalue weighted by molar-refractivity contribution is 6.30. The Hall–Kier alpha value is -1.14. The Balaban J connectivity index is 1.68. The summed E-state index contributed by atoms with van der Waals surface area (Å²) < 4.78 is 10.9. The van der Waals surface area contributed by atoms with Crippen molar-refractivity contribution in [2.24, 2.45) is 0 Å². The fourth-order valence-electron chi connectivity index (χ4n) is 3.16. The van der Waals surface area contributed by atoms with Gasteiger partial charge in [-0.05, 0) is 30.5 Å². The maximum absolute atomic E-state index is 12.2. The number of amides is 1. The highest BCUT2D eigenvalue weighted by Gasteiger charge is 2.27. The lowest BCUT2D eigenvalue weighted by atomic mass is 10.0. The monoisotopic (exact) mass is 338 g/mol. The van der Waals surface area contributed by atoms with Gasteiger partial charge in [-0.15, -0.1) is 0 Å². The van der Waals surface area contributed by atoms with Gasteiger partial charge in [0.25, 0.3) is 0 Å². The van der Waals surface area contributed by atoms with Crippen LogP contribution in [0.2, 0.25) is 5.02 Å². The molecule has 2 saturated heterocycles. The van der Waals surface area contributed by atoms with E-state index < -0.39 is 0 Å². The van der Waals surface area contributed by atoms with E-state index in [1.165, 1.54) is 0 Å². The average Bonchev–Trinajstić information content (AvgIpc) is 3.10. The van der Waals surface area contributed by atoms with Crippen LogP contribution < -0.4 is 5.32 Å². The lowest BCUT2D eigenvalue weighted by Crippen LogP contribution is -2.45. The summed E-state index contributed by atoms with van der Waals surface area (Å²) in [5.41, 5.74) is 1.12. The molecule has 2 atom stereocenters. The Kier molecular flexibility index (Phi) is 5.89. The number of rotatable bonds is 5. The third-order valence-corrected chi connectivity index (χ3v) is 4.65. The van der Waals surface area contributed by atoms with Crippen LogP contribution in [0.5, 0.6) is 0 Å². The molecule has 0 bridgehead atoms. The van der Waals surface area contributed by atoms with Crippen LogP contribution in [0.1, 0.15) is 24.4 Å². The fraction of sp³-hybridized carbons (Fsp3) is 0.588. The van der Waals surface area contributed by atoms with Gasteiger partial charge in [-0.3, -0.25) is 9.69 Å². The van der Waals surface area contributed by atoms with E-state index in [1.54, 1.807) is 0 Å². The standard InChI is InChI=1S/C17H23ClN2O3/c18-14-4-1-3-13(11-14)15(20-6-9-22-10-7-20)12-19-17(21)16-5-2-8-23-16/h1,3-4,11,15-16H,2,5-10,12H2,(H,19,21)/t15-,16-/m1/s1. The van der Waals surface area contributed by atoms with Crippen molar-refractivity contribution in [1.29, 1.82) is 0 Å². The molecule has 5 nitrogen and oxygen atoms in total. The molecule has 1 aromatic carbocycles. The predicted octanol–water partition coefficient (Wildman–Crippen LogP) is 2.01. The van der Waals surface area contributed by atoms with Crippen molar-refractivity contribution in [3.05, 3.63) is 34.9 Å². The van der Waals surface area contributed by atoms with Gasteiger partial charge in [0.1, 0.15) is 6.10 Å². The Morgan fingerprint density at radius 3 is 2.87 bits per heavy atom. The second-order valence-corrected chi connectivity index (χ2v) is 6.40. The molecule has 1 N–H and O–H groups in total. The van der Waals surface area contributed by atoms with Crippen molar-refractivity contribution in [2.75, 3.05) is 39.5 Å². The first-order valence-electron chi connectivity index (χ1n) is 8.20. The summed E-state index contributed by atoms with van der Waals surface area (Å²) in [5, 5.41) is 3.76. The minimum Gasteiger partial charge on any atom is -0.379 e. The number of morpholine rings is 1. The summed E-state index contributed by atoms with van der Waals surface area (Å²) in [4.78, 5) is 14.6. The molecule has 0 spiro atoms. The van der Waals surface area contributed by atoms with Gasteiger partial charge in [0.15, 0.2) is 0 Å². The topological polar surface area (TPSA) is 50.8 Å². The van der Waals surface area contributed by atoms with Crippen LogP contribution in [0.4, 0.5) is 0 Å². The zero-order chi connectivity index (χ0) is 16.1. The minimum absolute atomic E-state index is 0.0113. The Labute approximate surface area is 141 Å². The molecule has 2 heterocycles. The van der Waals surface area contributed by atoms with Crippen molar-refractivity contribution < 1.29 is 14.3 Å². The van der Waals surface area contributed by atoms with Gasteiger partial charge in [0.2, 0.25) is 5.91 Å². The number of ether oxygens (including phenoxy) is 2. The molecular weight excluding hydrogens is 316 g/mol. The molecular formula is C17H23ClN2O3. The van der Waals surface area contributed by atoms with Gasteiger partial charge in [0.05, 0.1) is 19.3 Å². The maximum Gasteiger partial charge on any atom is 0.249 e. The van der Waals surface area contributed by atoms with E-state index in [-0.39, 0.29) is 18.1 Å². The first kappa shape index (κ1) is 16.7. The first-order valence-corrected chi connectivity index (χ1v) is 8.58. The minimum atomic E-state index is -0.292. The summed E-state index contributed by atoms with van der Waals surface area (Å²) in [5.74, 6) is -0.0113. The fourth-order valence-corrected chi connectivity index (χ4v) is 3.36. The van der Waals surface area contributed by atoms with Crippen molar-refractivity contribution in [1.82, 2.24) is 10.2 Å². The van der Waals surface area contributed by atoms with Gasteiger partial charge >= 0.3 is 0 Å². The van der Waals surface area contributed by atoms with Crippen molar-refractivity contribution in [3.8, 4) is 0 Å². The highest BCUT2D eigenvalue weighted by atomic mass is 35.5. The number of nitrogens with one attached hydrogen (secondary N) is 1. The van der Waals surface area contributed by atoms with Crippen LogP contribution in [0.3, 0.4) is 0 Å². The van der Waals surface area contributed by atoms with Crippen LogP contribution in [0, 0.1) is 0 Å². The van der Waals surface area contributed by atoms with Crippen LogP contribution in [0.25, 0.3) is 0 Å². The molecule has 0 unspecified atom stereocenters. The van der Waals surface area contributed by atoms with Crippen LogP contribution in [0.15, 0.2) is 24.3 Å². The van der Waals surface area contributed by atoms with Crippen LogP contribution in [-0.2, 0) is 14.3 Å². The Bertz CT molecular complexity index is 528. The van der Waals surface area contributed by atoms with Crippen molar-refractivity contribution >= 4 is 17.5 Å². The lowest BCUT2D eigenvalue weighted by molar-refractivity contribution is -0.130. The molecule has 1 aromatic rings. The number of carbonyl (C=O) groups excluding carboxylic acids is 1. The molecule has 23 heavy (non-hydrogen) atoms. The number of halogens is 1. The number of hydrogen-bond donors (Lipinski definition) is 1. The van der Waals surface area contributed by atoms with Gasteiger partial charge in [-0.25, -0.2) is 0 Å². The van der Waals surface area contributed by atoms with E-state index in [2.05, 4.69) is 16.3 Å². The van der Waals surface area contributed by atoms with Gasteiger partial charge in [-0.1, -0.05) is 23.7 Å². The van der Waals surface area contributed by atoms with E-state index in [4.69, 9.17) is 21.1 Å². The molecule has 2 aliphatic rings.